The van der Waals surface area contributed by atoms with Crippen molar-refractivity contribution in [3.05, 3.63) is 34.9 Å². The molecule has 0 aliphatic heterocycles. The van der Waals surface area contributed by atoms with E-state index in [2.05, 4.69) is 19.2 Å². The average Bonchev–Trinajstić information content (AvgIpc) is 2.32. The molecule has 0 fully saturated rings. The summed E-state index contributed by atoms with van der Waals surface area (Å²) in [5, 5.41) is 3.05. The summed E-state index contributed by atoms with van der Waals surface area (Å²) in [5.74, 6) is 0.506. The first kappa shape index (κ1) is 15.7. The molecule has 0 saturated heterocycles. The number of ether oxygens (including phenoxy) is 1. The van der Waals surface area contributed by atoms with Crippen molar-refractivity contribution < 1.29 is 9.53 Å². The fourth-order valence-corrected chi connectivity index (χ4v) is 2.09. The summed E-state index contributed by atoms with van der Waals surface area (Å²) in [6, 6.07) is 5.86. The first-order valence-corrected chi connectivity index (χ1v) is 6.81. The number of hydrogen-bond donors (Lipinski definition) is 1. The predicted octanol–water partition coefficient (Wildman–Crippen LogP) is 3.09. The van der Waals surface area contributed by atoms with E-state index >= 15 is 0 Å². The third-order valence-electron chi connectivity index (χ3n) is 3.23. The fraction of sp³-hybridized carbons (Fsp3) is 0.562. The molecule has 0 unspecified atom stereocenters. The molecule has 1 rings (SSSR count). The normalized spacial score (nSPS) is 12.5. The Hall–Kier alpha value is -1.35. The van der Waals surface area contributed by atoms with Gasteiger partial charge in [0.15, 0.2) is 0 Å². The van der Waals surface area contributed by atoms with E-state index in [9.17, 15) is 4.79 Å². The Morgan fingerprint density at radius 1 is 1.26 bits per heavy atom. The molecule has 0 saturated carbocycles. The maximum absolute atomic E-state index is 12.2. The van der Waals surface area contributed by atoms with Crippen molar-refractivity contribution in [1.29, 1.82) is 0 Å². The minimum absolute atomic E-state index is 0.0224. The van der Waals surface area contributed by atoms with Crippen molar-refractivity contribution in [2.75, 3.05) is 13.7 Å². The third-order valence-corrected chi connectivity index (χ3v) is 3.23. The van der Waals surface area contributed by atoms with Crippen molar-refractivity contribution in [2.24, 2.45) is 5.92 Å². The van der Waals surface area contributed by atoms with E-state index in [1.807, 2.05) is 32.0 Å². The van der Waals surface area contributed by atoms with Gasteiger partial charge in [0.1, 0.15) is 0 Å². The van der Waals surface area contributed by atoms with Crippen LogP contribution in [0.5, 0.6) is 0 Å². The van der Waals surface area contributed by atoms with Crippen molar-refractivity contribution in [3.8, 4) is 0 Å². The van der Waals surface area contributed by atoms with E-state index in [1.165, 1.54) is 5.56 Å². The Bertz CT molecular complexity index is 427. The summed E-state index contributed by atoms with van der Waals surface area (Å²) in [6.45, 7) is 8.90. The Balaban J connectivity index is 2.72. The van der Waals surface area contributed by atoms with E-state index in [-0.39, 0.29) is 11.9 Å². The summed E-state index contributed by atoms with van der Waals surface area (Å²) < 4.78 is 5.17. The second-order valence-corrected chi connectivity index (χ2v) is 5.55. The number of aryl methyl sites for hydroxylation is 2. The first-order valence-electron chi connectivity index (χ1n) is 6.81. The van der Waals surface area contributed by atoms with E-state index in [0.29, 0.717) is 18.1 Å². The van der Waals surface area contributed by atoms with Gasteiger partial charge in [-0.05, 0) is 49.4 Å². The molecule has 0 heterocycles. The second-order valence-electron chi connectivity index (χ2n) is 5.55. The smallest absolute Gasteiger partial charge is 0.251 e. The van der Waals surface area contributed by atoms with Gasteiger partial charge < -0.3 is 10.1 Å². The largest absolute Gasteiger partial charge is 0.383 e. The highest BCUT2D eigenvalue weighted by Gasteiger charge is 2.15. The molecule has 19 heavy (non-hydrogen) atoms. The first-order chi connectivity index (χ1) is 8.93. The second kappa shape index (κ2) is 7.29. The molecule has 0 radical (unpaired) electrons. The van der Waals surface area contributed by atoms with Gasteiger partial charge in [0.2, 0.25) is 0 Å². The number of carbonyl (C=O) groups is 1. The molecule has 3 nitrogen and oxygen atoms in total. The van der Waals surface area contributed by atoms with Crippen molar-refractivity contribution in [3.63, 3.8) is 0 Å². The zero-order valence-electron chi connectivity index (χ0n) is 12.6. The van der Waals surface area contributed by atoms with Crippen molar-refractivity contribution in [2.45, 2.75) is 40.2 Å². The molecular weight excluding hydrogens is 238 g/mol. The highest BCUT2D eigenvalue weighted by atomic mass is 16.5. The van der Waals surface area contributed by atoms with Gasteiger partial charge in [-0.1, -0.05) is 19.9 Å². The van der Waals surface area contributed by atoms with E-state index in [0.717, 1.165) is 12.0 Å². The number of hydrogen-bond acceptors (Lipinski definition) is 2. The molecule has 1 aromatic carbocycles. The van der Waals surface area contributed by atoms with Crippen LogP contribution in [0.4, 0.5) is 0 Å². The van der Waals surface area contributed by atoms with Gasteiger partial charge in [-0.25, -0.2) is 0 Å². The molecule has 0 aromatic heterocycles. The summed E-state index contributed by atoms with van der Waals surface area (Å²) in [6.07, 6.45) is 0.921. The van der Waals surface area contributed by atoms with Gasteiger partial charge in [-0.3, -0.25) is 4.79 Å². The summed E-state index contributed by atoms with van der Waals surface area (Å²) >= 11 is 0. The van der Waals surface area contributed by atoms with Crippen LogP contribution in [0, 0.1) is 19.8 Å². The van der Waals surface area contributed by atoms with Crippen LogP contribution < -0.4 is 5.32 Å². The maximum atomic E-state index is 12.2. The molecule has 3 heteroatoms. The average molecular weight is 263 g/mol. The quantitative estimate of drug-likeness (QED) is 0.856. The lowest BCUT2D eigenvalue weighted by Crippen LogP contribution is -2.39. The number of nitrogens with one attached hydrogen (secondary N) is 1. The number of carbonyl (C=O) groups excluding carboxylic acids is 1. The lowest BCUT2D eigenvalue weighted by Gasteiger charge is -2.20. The number of amides is 1. The lowest BCUT2D eigenvalue weighted by atomic mass is 10.0. The molecule has 1 atom stereocenters. The Morgan fingerprint density at radius 2 is 1.95 bits per heavy atom. The fourth-order valence-electron chi connectivity index (χ4n) is 2.09. The standard InChI is InChI=1S/C16H25NO2/c1-11(2)8-15(10-19-5)17-16(18)14-7-6-12(3)13(4)9-14/h6-7,9,11,15H,8,10H2,1-5H3,(H,17,18)/t15-/m1/s1. The highest BCUT2D eigenvalue weighted by molar-refractivity contribution is 5.94. The molecule has 0 aliphatic carbocycles. The molecule has 1 aromatic rings. The SMILES string of the molecule is COC[C@@H](CC(C)C)NC(=O)c1ccc(C)c(C)c1. The molecular formula is C16H25NO2. The van der Waals surface area contributed by atoms with Crippen LogP contribution in [0.3, 0.4) is 0 Å². The van der Waals surface area contributed by atoms with Gasteiger partial charge >= 0.3 is 0 Å². The zero-order valence-corrected chi connectivity index (χ0v) is 12.6. The topological polar surface area (TPSA) is 38.3 Å². The molecule has 1 N–H and O–H groups in total. The molecule has 1 amide bonds. The molecule has 106 valence electrons. The zero-order chi connectivity index (χ0) is 14.4. The van der Waals surface area contributed by atoms with E-state index < -0.39 is 0 Å². The van der Waals surface area contributed by atoms with E-state index in [4.69, 9.17) is 4.74 Å². The molecule has 0 aliphatic rings. The van der Waals surface area contributed by atoms with Crippen LogP contribution in [0.15, 0.2) is 18.2 Å². The van der Waals surface area contributed by atoms with E-state index in [1.54, 1.807) is 7.11 Å². The minimum Gasteiger partial charge on any atom is -0.383 e. The monoisotopic (exact) mass is 263 g/mol. The van der Waals surface area contributed by atoms with Crippen LogP contribution in [0.25, 0.3) is 0 Å². The highest BCUT2D eigenvalue weighted by Crippen LogP contribution is 2.11. The molecule has 0 bridgehead atoms. The number of benzene rings is 1. The summed E-state index contributed by atoms with van der Waals surface area (Å²) in [7, 11) is 1.66. The Morgan fingerprint density at radius 3 is 2.47 bits per heavy atom. The minimum atomic E-state index is -0.0224. The van der Waals surface area contributed by atoms with Crippen molar-refractivity contribution >= 4 is 5.91 Å². The van der Waals surface area contributed by atoms with Gasteiger partial charge in [0, 0.05) is 12.7 Å². The lowest BCUT2D eigenvalue weighted by molar-refractivity contribution is 0.0884. The van der Waals surface area contributed by atoms with Crippen LogP contribution in [0.2, 0.25) is 0 Å². The maximum Gasteiger partial charge on any atom is 0.251 e. The van der Waals surface area contributed by atoms with Gasteiger partial charge in [0.05, 0.1) is 12.6 Å². The molecule has 0 spiro atoms. The summed E-state index contributed by atoms with van der Waals surface area (Å²) in [4.78, 5) is 12.2. The van der Waals surface area contributed by atoms with Crippen LogP contribution in [-0.4, -0.2) is 25.7 Å². The summed E-state index contributed by atoms with van der Waals surface area (Å²) in [5.41, 5.74) is 3.06. The third kappa shape index (κ3) is 5.03. The Labute approximate surface area is 116 Å². The van der Waals surface area contributed by atoms with Gasteiger partial charge in [-0.15, -0.1) is 0 Å². The number of methoxy groups -OCH3 is 1. The number of rotatable bonds is 6. The van der Waals surface area contributed by atoms with Crippen LogP contribution in [-0.2, 0) is 4.74 Å². The van der Waals surface area contributed by atoms with Crippen molar-refractivity contribution in [1.82, 2.24) is 5.32 Å². The van der Waals surface area contributed by atoms with Gasteiger partial charge in [0.25, 0.3) is 5.91 Å². The predicted molar refractivity (Wildman–Crippen MR) is 78.5 cm³/mol. The van der Waals surface area contributed by atoms with Gasteiger partial charge in [-0.2, -0.15) is 0 Å². The van der Waals surface area contributed by atoms with Crippen LogP contribution >= 0.6 is 0 Å². The van der Waals surface area contributed by atoms with Crippen LogP contribution in [0.1, 0.15) is 41.8 Å². The Kier molecular flexibility index (Phi) is 6.03.